The number of carbonyl (C=O) groups is 3. The van der Waals surface area contributed by atoms with Gasteiger partial charge in [0.1, 0.15) is 0 Å². The van der Waals surface area contributed by atoms with Gasteiger partial charge in [0.25, 0.3) is 5.91 Å². The number of hydrogen-bond donors (Lipinski definition) is 2. The molecule has 0 aromatic heterocycles. The van der Waals surface area contributed by atoms with E-state index in [0.717, 1.165) is 29.7 Å². The number of aryl methyl sites for hydroxylation is 1. The summed E-state index contributed by atoms with van der Waals surface area (Å²) in [5.41, 5.74) is 3.27. The maximum Gasteiger partial charge on any atom is 0.338 e. The van der Waals surface area contributed by atoms with E-state index < -0.39 is 12.1 Å². The second-order valence-corrected chi connectivity index (χ2v) is 9.04. The summed E-state index contributed by atoms with van der Waals surface area (Å²) in [6.07, 6.45) is 1.96. The van der Waals surface area contributed by atoms with Crippen molar-refractivity contribution in [1.82, 2.24) is 5.32 Å². The molecule has 1 aliphatic carbocycles. The van der Waals surface area contributed by atoms with E-state index in [-0.39, 0.29) is 23.1 Å². The van der Waals surface area contributed by atoms with Crippen molar-refractivity contribution in [3.05, 3.63) is 59.2 Å². The molecular formula is C23H24N2O4S. The van der Waals surface area contributed by atoms with Crippen LogP contribution in [0.2, 0.25) is 0 Å². The number of fused-ring (bicyclic) bond motifs is 2. The van der Waals surface area contributed by atoms with Gasteiger partial charge in [0.2, 0.25) is 5.91 Å². The van der Waals surface area contributed by atoms with Crippen LogP contribution in [0.15, 0.2) is 47.4 Å². The Hall–Kier alpha value is -2.80. The molecule has 0 spiro atoms. The summed E-state index contributed by atoms with van der Waals surface area (Å²) < 4.78 is 5.40. The zero-order valence-corrected chi connectivity index (χ0v) is 17.8. The first-order valence-electron chi connectivity index (χ1n) is 10.1. The van der Waals surface area contributed by atoms with Crippen molar-refractivity contribution >= 4 is 35.2 Å². The molecule has 2 aliphatic rings. The first-order valence-corrected chi connectivity index (χ1v) is 11.0. The Labute approximate surface area is 179 Å². The minimum absolute atomic E-state index is 0.0680. The summed E-state index contributed by atoms with van der Waals surface area (Å²) >= 11 is 1.44. The molecular weight excluding hydrogens is 400 g/mol. The van der Waals surface area contributed by atoms with Gasteiger partial charge in [-0.2, -0.15) is 0 Å². The van der Waals surface area contributed by atoms with Crippen molar-refractivity contribution in [2.24, 2.45) is 0 Å². The van der Waals surface area contributed by atoms with E-state index in [2.05, 4.69) is 16.7 Å². The van der Waals surface area contributed by atoms with Crippen molar-refractivity contribution in [2.75, 3.05) is 5.32 Å². The van der Waals surface area contributed by atoms with Gasteiger partial charge in [-0.25, -0.2) is 4.79 Å². The number of esters is 1. The third kappa shape index (κ3) is 4.21. The number of anilines is 1. The van der Waals surface area contributed by atoms with Gasteiger partial charge in [0.15, 0.2) is 6.10 Å². The Morgan fingerprint density at radius 1 is 1.23 bits per heavy atom. The van der Waals surface area contributed by atoms with Crippen LogP contribution in [0.1, 0.15) is 54.2 Å². The van der Waals surface area contributed by atoms with Gasteiger partial charge < -0.3 is 15.4 Å². The highest BCUT2D eigenvalue weighted by Crippen LogP contribution is 2.36. The predicted octanol–water partition coefficient (Wildman–Crippen LogP) is 3.86. The van der Waals surface area contributed by atoms with Crippen molar-refractivity contribution in [3.63, 3.8) is 0 Å². The average molecular weight is 425 g/mol. The predicted molar refractivity (Wildman–Crippen MR) is 116 cm³/mol. The first-order chi connectivity index (χ1) is 14.4. The van der Waals surface area contributed by atoms with Crippen molar-refractivity contribution in [2.45, 2.75) is 55.4 Å². The molecule has 6 nitrogen and oxygen atoms in total. The molecule has 2 aromatic rings. The van der Waals surface area contributed by atoms with Crippen molar-refractivity contribution in [3.8, 4) is 0 Å². The van der Waals surface area contributed by atoms with E-state index in [0.29, 0.717) is 11.3 Å². The number of rotatable bonds is 4. The number of carbonyl (C=O) groups excluding carboxylic acids is 3. The van der Waals surface area contributed by atoms with Crippen LogP contribution in [0.5, 0.6) is 0 Å². The third-order valence-electron chi connectivity index (χ3n) is 5.49. The number of amides is 2. The molecule has 4 rings (SSSR count). The zero-order chi connectivity index (χ0) is 21.3. The van der Waals surface area contributed by atoms with E-state index in [4.69, 9.17) is 4.74 Å². The van der Waals surface area contributed by atoms with Crippen LogP contribution in [-0.4, -0.2) is 29.1 Å². The van der Waals surface area contributed by atoms with Gasteiger partial charge in [-0.1, -0.05) is 24.3 Å². The maximum atomic E-state index is 12.7. The number of thioether (sulfide) groups is 1. The summed E-state index contributed by atoms with van der Waals surface area (Å²) in [5, 5.41) is 5.64. The lowest BCUT2D eigenvalue weighted by Crippen LogP contribution is -2.39. The minimum Gasteiger partial charge on any atom is -0.449 e. The monoisotopic (exact) mass is 424 g/mol. The fourth-order valence-corrected chi connectivity index (χ4v) is 4.74. The Kier molecular flexibility index (Phi) is 5.81. The molecule has 0 radical (unpaired) electrons. The van der Waals surface area contributed by atoms with Gasteiger partial charge in [0.05, 0.1) is 22.5 Å². The van der Waals surface area contributed by atoms with Gasteiger partial charge >= 0.3 is 5.97 Å². The van der Waals surface area contributed by atoms with Gasteiger partial charge in [-0.05, 0) is 62.4 Å². The fraction of sp³-hybridized carbons (Fsp3) is 0.348. The SMILES string of the molecule is CC(OC(=O)c1ccc2c(c1)NC(=O)C(C)S2)C(=O)NC1CCCc2ccccc21. The highest BCUT2D eigenvalue weighted by Gasteiger charge is 2.27. The number of ether oxygens (including phenoxy) is 1. The van der Waals surface area contributed by atoms with Crippen molar-refractivity contribution < 1.29 is 19.1 Å². The molecule has 7 heteroatoms. The van der Waals surface area contributed by atoms with Crippen LogP contribution in [0.4, 0.5) is 5.69 Å². The standard InChI is InChI=1S/C23H24N2O4S/c1-13(21(26)24-18-9-5-7-15-6-3-4-8-17(15)18)29-23(28)16-10-11-20-19(12-16)25-22(27)14(2)30-20/h3-4,6,8,10-14,18H,5,7,9H2,1-2H3,(H,24,26)(H,25,27). The Balaban J connectivity index is 1.40. The number of nitrogens with one attached hydrogen (secondary N) is 2. The minimum atomic E-state index is -0.924. The number of benzene rings is 2. The second-order valence-electron chi connectivity index (χ2n) is 7.66. The largest absolute Gasteiger partial charge is 0.449 e. The molecule has 30 heavy (non-hydrogen) atoms. The van der Waals surface area contributed by atoms with Crippen LogP contribution in [0.25, 0.3) is 0 Å². The molecule has 1 aliphatic heterocycles. The molecule has 3 atom stereocenters. The maximum absolute atomic E-state index is 12.7. The molecule has 2 aromatic carbocycles. The molecule has 0 bridgehead atoms. The summed E-state index contributed by atoms with van der Waals surface area (Å²) in [7, 11) is 0. The summed E-state index contributed by atoms with van der Waals surface area (Å²) in [5.74, 6) is -1.01. The van der Waals surface area contributed by atoms with Crippen molar-refractivity contribution in [1.29, 1.82) is 0 Å². The van der Waals surface area contributed by atoms with E-state index in [1.165, 1.54) is 17.3 Å². The molecule has 0 saturated carbocycles. The smallest absolute Gasteiger partial charge is 0.338 e. The zero-order valence-electron chi connectivity index (χ0n) is 16.9. The highest BCUT2D eigenvalue weighted by atomic mass is 32.2. The Morgan fingerprint density at radius 2 is 2.03 bits per heavy atom. The van der Waals surface area contributed by atoms with Crippen LogP contribution < -0.4 is 10.6 Å². The Morgan fingerprint density at radius 3 is 2.87 bits per heavy atom. The van der Waals surface area contributed by atoms with E-state index >= 15 is 0 Å². The molecule has 3 unspecified atom stereocenters. The van der Waals surface area contributed by atoms with Gasteiger partial charge in [-0.15, -0.1) is 11.8 Å². The molecule has 1 heterocycles. The average Bonchev–Trinajstić information content (AvgIpc) is 2.74. The van der Waals surface area contributed by atoms with Crippen LogP contribution in [0, 0.1) is 0 Å². The third-order valence-corrected chi connectivity index (χ3v) is 6.66. The second kappa shape index (κ2) is 8.52. The quantitative estimate of drug-likeness (QED) is 0.728. The van der Waals surface area contributed by atoms with Crippen LogP contribution >= 0.6 is 11.8 Å². The summed E-state index contributed by atoms with van der Waals surface area (Å²) in [4.78, 5) is 38.0. The lowest BCUT2D eigenvalue weighted by atomic mass is 9.87. The van der Waals surface area contributed by atoms with E-state index in [9.17, 15) is 14.4 Å². The lowest BCUT2D eigenvalue weighted by Gasteiger charge is -2.27. The Bertz CT molecular complexity index is 1010. The molecule has 156 valence electrons. The van der Waals surface area contributed by atoms with E-state index in [1.54, 1.807) is 25.1 Å². The lowest BCUT2D eigenvalue weighted by molar-refractivity contribution is -0.130. The molecule has 2 N–H and O–H groups in total. The van der Waals surface area contributed by atoms with Crippen LogP contribution in [0.3, 0.4) is 0 Å². The van der Waals surface area contributed by atoms with Crippen LogP contribution in [-0.2, 0) is 20.7 Å². The molecule has 0 saturated heterocycles. The highest BCUT2D eigenvalue weighted by molar-refractivity contribution is 8.00. The topological polar surface area (TPSA) is 84.5 Å². The van der Waals surface area contributed by atoms with Gasteiger partial charge in [-0.3, -0.25) is 9.59 Å². The van der Waals surface area contributed by atoms with Gasteiger partial charge in [0, 0.05) is 4.90 Å². The van der Waals surface area contributed by atoms with E-state index in [1.807, 2.05) is 25.1 Å². The molecule has 0 fully saturated rings. The normalized spacial score (nSPS) is 20.9. The molecule has 2 amide bonds. The fourth-order valence-electron chi connectivity index (χ4n) is 3.81. The summed E-state index contributed by atoms with van der Waals surface area (Å²) in [6.45, 7) is 3.40. The first kappa shape index (κ1) is 20.5. The number of hydrogen-bond acceptors (Lipinski definition) is 5. The summed E-state index contributed by atoms with van der Waals surface area (Å²) in [6, 6.07) is 13.1.